The third-order valence-electron chi connectivity index (χ3n) is 5.27. The van der Waals surface area contributed by atoms with Crippen LogP contribution in [0.15, 0.2) is 72.0 Å². The van der Waals surface area contributed by atoms with Gasteiger partial charge in [-0.25, -0.2) is 4.39 Å². The molecular formula is C25H24FNO5. The summed E-state index contributed by atoms with van der Waals surface area (Å²) in [5.41, 5.74) is 1.24. The molecule has 32 heavy (non-hydrogen) atoms. The van der Waals surface area contributed by atoms with Crippen molar-refractivity contribution in [2.24, 2.45) is 0 Å². The smallest absolute Gasteiger partial charge is 0.303 e. The molecule has 2 aromatic rings. The number of rotatable bonds is 10. The second kappa shape index (κ2) is 10.5. The molecule has 0 aliphatic carbocycles. The molecule has 1 aliphatic rings. The van der Waals surface area contributed by atoms with Gasteiger partial charge in [0, 0.05) is 13.0 Å². The van der Waals surface area contributed by atoms with Crippen LogP contribution in [-0.4, -0.2) is 39.3 Å². The SMILES string of the molecule is O=C(O)CCCCCN1C(=O)C(O)=C(C(=O)/C=C/c2ccccc2)[C@H]1c1ccc(F)cc1. The van der Waals surface area contributed by atoms with Crippen molar-refractivity contribution in [3.8, 4) is 0 Å². The number of carbonyl (C=O) groups is 3. The number of aliphatic hydroxyl groups is 1. The molecule has 2 N–H and O–H groups in total. The highest BCUT2D eigenvalue weighted by Crippen LogP contribution is 2.38. The van der Waals surface area contributed by atoms with Crippen LogP contribution >= 0.6 is 0 Å². The number of nitrogens with zero attached hydrogens (tertiary/aromatic N) is 1. The molecule has 0 saturated heterocycles. The highest BCUT2D eigenvalue weighted by atomic mass is 19.1. The first-order chi connectivity index (χ1) is 15.4. The summed E-state index contributed by atoms with van der Waals surface area (Å²) in [5.74, 6) is -3.14. The Morgan fingerprint density at radius 3 is 2.34 bits per heavy atom. The second-order valence-corrected chi connectivity index (χ2v) is 7.53. The predicted octanol–water partition coefficient (Wildman–Crippen LogP) is 4.45. The number of ketones is 1. The zero-order valence-electron chi connectivity index (χ0n) is 17.4. The quantitative estimate of drug-likeness (QED) is 0.423. The molecule has 3 rings (SSSR count). The Morgan fingerprint density at radius 2 is 1.69 bits per heavy atom. The summed E-state index contributed by atoms with van der Waals surface area (Å²) in [6.45, 7) is 0.226. The molecule has 0 fully saturated rings. The largest absolute Gasteiger partial charge is 0.503 e. The number of halogens is 1. The van der Waals surface area contributed by atoms with Gasteiger partial charge in [-0.05, 0) is 42.2 Å². The van der Waals surface area contributed by atoms with Crippen LogP contribution in [0.2, 0.25) is 0 Å². The lowest BCUT2D eigenvalue weighted by molar-refractivity contribution is -0.137. The van der Waals surface area contributed by atoms with Crippen LogP contribution in [0.4, 0.5) is 4.39 Å². The number of hydrogen-bond donors (Lipinski definition) is 2. The van der Waals surface area contributed by atoms with E-state index in [1.54, 1.807) is 6.08 Å². The summed E-state index contributed by atoms with van der Waals surface area (Å²) in [6.07, 6.45) is 4.48. The number of hydrogen-bond acceptors (Lipinski definition) is 4. The summed E-state index contributed by atoms with van der Waals surface area (Å²) >= 11 is 0. The molecule has 1 heterocycles. The van der Waals surface area contributed by atoms with Crippen molar-refractivity contribution in [3.63, 3.8) is 0 Å². The van der Waals surface area contributed by atoms with Crippen LogP contribution in [0.3, 0.4) is 0 Å². The molecule has 1 atom stereocenters. The molecule has 6 nitrogen and oxygen atoms in total. The van der Waals surface area contributed by atoms with Gasteiger partial charge in [0.15, 0.2) is 11.5 Å². The Morgan fingerprint density at radius 1 is 1.00 bits per heavy atom. The minimum atomic E-state index is -0.885. The molecule has 7 heteroatoms. The van der Waals surface area contributed by atoms with Gasteiger partial charge in [-0.15, -0.1) is 0 Å². The van der Waals surface area contributed by atoms with E-state index in [1.165, 1.54) is 35.2 Å². The highest BCUT2D eigenvalue weighted by molar-refractivity contribution is 6.14. The van der Waals surface area contributed by atoms with Crippen molar-refractivity contribution >= 4 is 23.7 Å². The summed E-state index contributed by atoms with van der Waals surface area (Å²) in [6, 6.07) is 13.7. The van der Waals surface area contributed by atoms with E-state index in [2.05, 4.69) is 0 Å². The molecule has 0 aromatic heterocycles. The fourth-order valence-electron chi connectivity index (χ4n) is 3.69. The van der Waals surface area contributed by atoms with Crippen molar-refractivity contribution in [2.45, 2.75) is 31.7 Å². The molecule has 0 saturated carbocycles. The summed E-state index contributed by atoms with van der Waals surface area (Å²) in [4.78, 5) is 37.9. The van der Waals surface area contributed by atoms with E-state index in [0.29, 0.717) is 24.8 Å². The number of allylic oxidation sites excluding steroid dienone is 1. The molecule has 2 aromatic carbocycles. The maximum atomic E-state index is 13.5. The molecule has 1 amide bonds. The topological polar surface area (TPSA) is 94.9 Å². The van der Waals surface area contributed by atoms with E-state index < -0.39 is 35.3 Å². The van der Waals surface area contributed by atoms with Gasteiger partial charge in [-0.3, -0.25) is 14.4 Å². The Hall–Kier alpha value is -3.74. The van der Waals surface area contributed by atoms with Crippen molar-refractivity contribution in [1.29, 1.82) is 0 Å². The van der Waals surface area contributed by atoms with Crippen molar-refractivity contribution in [1.82, 2.24) is 4.90 Å². The van der Waals surface area contributed by atoms with E-state index in [0.717, 1.165) is 5.56 Å². The van der Waals surface area contributed by atoms with E-state index in [9.17, 15) is 23.9 Å². The van der Waals surface area contributed by atoms with Gasteiger partial charge < -0.3 is 15.1 Å². The summed E-state index contributed by atoms with van der Waals surface area (Å²) in [7, 11) is 0. The lowest BCUT2D eigenvalue weighted by Gasteiger charge is -2.26. The summed E-state index contributed by atoms with van der Waals surface area (Å²) < 4.78 is 13.5. The lowest BCUT2D eigenvalue weighted by Crippen LogP contribution is -2.32. The van der Waals surface area contributed by atoms with Crippen LogP contribution in [0.1, 0.15) is 42.9 Å². The molecule has 166 valence electrons. The average molecular weight is 437 g/mol. The van der Waals surface area contributed by atoms with Gasteiger partial charge in [0.1, 0.15) is 5.82 Å². The predicted molar refractivity (Wildman–Crippen MR) is 117 cm³/mol. The third-order valence-corrected chi connectivity index (χ3v) is 5.27. The standard InChI is InChI=1S/C25H24FNO5/c26-19-13-11-18(12-14-19)23-22(20(28)15-10-17-7-3-1-4-8-17)24(31)25(32)27(23)16-6-2-5-9-21(29)30/h1,3-4,7-8,10-15,23,31H,2,5-6,9,16H2,(H,29,30)/b15-10+/t23-/m1/s1. The normalized spacial score (nSPS) is 16.2. The Balaban J connectivity index is 1.85. The molecule has 0 bridgehead atoms. The fourth-order valence-corrected chi connectivity index (χ4v) is 3.69. The number of amides is 1. The zero-order chi connectivity index (χ0) is 23.1. The third kappa shape index (κ3) is 5.49. The van der Waals surface area contributed by atoms with E-state index in [4.69, 9.17) is 5.11 Å². The number of benzene rings is 2. The van der Waals surface area contributed by atoms with Crippen LogP contribution < -0.4 is 0 Å². The van der Waals surface area contributed by atoms with Crippen LogP contribution in [0.25, 0.3) is 6.08 Å². The van der Waals surface area contributed by atoms with Crippen LogP contribution in [0.5, 0.6) is 0 Å². The van der Waals surface area contributed by atoms with Gasteiger partial charge >= 0.3 is 5.97 Å². The molecule has 0 radical (unpaired) electrons. The van der Waals surface area contributed by atoms with Crippen molar-refractivity contribution in [2.75, 3.05) is 6.54 Å². The minimum Gasteiger partial charge on any atom is -0.503 e. The molecule has 0 spiro atoms. The monoisotopic (exact) mass is 437 g/mol. The molecule has 1 aliphatic heterocycles. The lowest BCUT2D eigenvalue weighted by atomic mass is 9.95. The second-order valence-electron chi connectivity index (χ2n) is 7.53. The number of carbonyl (C=O) groups excluding carboxylic acids is 2. The number of carboxylic acids is 1. The maximum Gasteiger partial charge on any atom is 0.303 e. The Bertz CT molecular complexity index is 1040. The maximum absolute atomic E-state index is 13.5. The van der Waals surface area contributed by atoms with E-state index in [1.807, 2.05) is 30.3 Å². The summed E-state index contributed by atoms with van der Waals surface area (Å²) in [5, 5.41) is 19.3. The zero-order valence-corrected chi connectivity index (χ0v) is 17.4. The first kappa shape index (κ1) is 22.9. The van der Waals surface area contributed by atoms with Gasteiger partial charge in [-0.2, -0.15) is 0 Å². The van der Waals surface area contributed by atoms with E-state index >= 15 is 0 Å². The van der Waals surface area contributed by atoms with E-state index in [-0.39, 0.29) is 18.5 Å². The number of unbranched alkanes of at least 4 members (excludes halogenated alkanes) is 2. The first-order valence-electron chi connectivity index (χ1n) is 10.4. The minimum absolute atomic E-state index is 0.0346. The molecule has 0 unspecified atom stereocenters. The first-order valence-corrected chi connectivity index (χ1v) is 10.4. The fraction of sp³-hybridized carbons (Fsp3) is 0.240. The number of aliphatic carboxylic acids is 1. The van der Waals surface area contributed by atoms with Crippen molar-refractivity contribution in [3.05, 3.63) is 88.9 Å². The van der Waals surface area contributed by atoms with Crippen LogP contribution in [0, 0.1) is 5.82 Å². The molecular weight excluding hydrogens is 413 g/mol. The van der Waals surface area contributed by atoms with Gasteiger partial charge in [0.05, 0.1) is 11.6 Å². The van der Waals surface area contributed by atoms with Crippen LogP contribution in [-0.2, 0) is 14.4 Å². The Kier molecular flexibility index (Phi) is 7.54. The number of carboxylic acid groups (broad SMARTS) is 1. The van der Waals surface area contributed by atoms with Gasteiger partial charge in [-0.1, -0.05) is 55.0 Å². The van der Waals surface area contributed by atoms with Gasteiger partial charge in [0.2, 0.25) is 0 Å². The highest BCUT2D eigenvalue weighted by Gasteiger charge is 2.42. The number of aliphatic hydroxyl groups excluding tert-OH is 1. The Labute approximate surface area is 185 Å². The van der Waals surface area contributed by atoms with Crippen molar-refractivity contribution < 1.29 is 29.0 Å². The average Bonchev–Trinajstić information content (AvgIpc) is 3.03. The van der Waals surface area contributed by atoms with Gasteiger partial charge in [0.25, 0.3) is 5.91 Å².